The van der Waals surface area contributed by atoms with Gasteiger partial charge in [-0.3, -0.25) is 10.1 Å². The van der Waals surface area contributed by atoms with Gasteiger partial charge in [0.1, 0.15) is 12.1 Å². The zero-order valence-electron chi connectivity index (χ0n) is 16.0. The SMILES string of the molecule is CCC(=O)Nc1ncc(-c2ccc3ncnc(C)c3c2)c(-c2ccc(F)cc2)n1. The van der Waals surface area contributed by atoms with Crippen molar-refractivity contribution in [3.8, 4) is 22.4 Å². The Kier molecular flexibility index (Phi) is 4.95. The number of anilines is 1. The van der Waals surface area contributed by atoms with Crippen molar-refractivity contribution < 1.29 is 9.18 Å². The highest BCUT2D eigenvalue weighted by atomic mass is 19.1. The fourth-order valence-electron chi connectivity index (χ4n) is 3.05. The Bertz CT molecular complexity index is 1210. The van der Waals surface area contributed by atoms with Gasteiger partial charge in [-0.15, -0.1) is 0 Å². The first-order chi connectivity index (χ1) is 14.0. The number of halogens is 1. The van der Waals surface area contributed by atoms with Crippen molar-refractivity contribution in [1.29, 1.82) is 0 Å². The van der Waals surface area contributed by atoms with Gasteiger partial charge in [-0.25, -0.2) is 24.3 Å². The molecule has 0 bridgehead atoms. The van der Waals surface area contributed by atoms with Crippen molar-refractivity contribution in [3.63, 3.8) is 0 Å². The Morgan fingerprint density at radius 2 is 1.79 bits per heavy atom. The molecule has 0 saturated heterocycles. The van der Waals surface area contributed by atoms with Gasteiger partial charge in [0.15, 0.2) is 0 Å². The molecule has 0 aliphatic heterocycles. The largest absolute Gasteiger partial charge is 0.295 e. The molecule has 7 heteroatoms. The fourth-order valence-corrected chi connectivity index (χ4v) is 3.05. The molecule has 0 radical (unpaired) electrons. The van der Waals surface area contributed by atoms with Crippen LogP contribution in [0.25, 0.3) is 33.3 Å². The molecule has 0 unspecified atom stereocenters. The second-order valence-electron chi connectivity index (χ2n) is 6.56. The average molecular weight is 387 g/mol. The number of nitrogens with one attached hydrogen (secondary N) is 1. The number of hydrogen-bond acceptors (Lipinski definition) is 5. The van der Waals surface area contributed by atoms with Gasteiger partial charge in [-0.05, 0) is 48.9 Å². The number of fused-ring (bicyclic) bond motifs is 1. The van der Waals surface area contributed by atoms with E-state index in [1.54, 1.807) is 25.3 Å². The van der Waals surface area contributed by atoms with E-state index >= 15 is 0 Å². The Balaban J connectivity index is 1.89. The zero-order chi connectivity index (χ0) is 20.4. The maximum absolute atomic E-state index is 13.4. The summed E-state index contributed by atoms with van der Waals surface area (Å²) in [6.45, 7) is 3.68. The predicted molar refractivity (Wildman–Crippen MR) is 110 cm³/mol. The molecule has 1 amide bonds. The lowest BCUT2D eigenvalue weighted by Crippen LogP contribution is -2.12. The normalized spacial score (nSPS) is 10.9. The summed E-state index contributed by atoms with van der Waals surface area (Å²) in [7, 11) is 0. The first kappa shape index (κ1) is 18.6. The van der Waals surface area contributed by atoms with E-state index in [0.29, 0.717) is 12.1 Å². The Morgan fingerprint density at radius 3 is 2.55 bits per heavy atom. The van der Waals surface area contributed by atoms with Crippen LogP contribution < -0.4 is 5.32 Å². The molecule has 0 saturated carbocycles. The third-order valence-electron chi connectivity index (χ3n) is 4.62. The second kappa shape index (κ2) is 7.71. The van der Waals surface area contributed by atoms with Gasteiger partial charge in [0.25, 0.3) is 0 Å². The average Bonchev–Trinajstić information content (AvgIpc) is 2.74. The molecule has 144 valence electrons. The van der Waals surface area contributed by atoms with Crippen LogP contribution >= 0.6 is 0 Å². The van der Waals surface area contributed by atoms with E-state index in [9.17, 15) is 9.18 Å². The zero-order valence-corrected chi connectivity index (χ0v) is 16.0. The number of rotatable bonds is 4. The lowest BCUT2D eigenvalue weighted by molar-refractivity contribution is -0.115. The van der Waals surface area contributed by atoms with Gasteiger partial charge in [-0.1, -0.05) is 13.0 Å². The van der Waals surface area contributed by atoms with Crippen molar-refractivity contribution in [2.75, 3.05) is 5.32 Å². The molecule has 0 atom stereocenters. The highest BCUT2D eigenvalue weighted by Gasteiger charge is 2.14. The van der Waals surface area contributed by atoms with Crippen LogP contribution in [0.2, 0.25) is 0 Å². The Morgan fingerprint density at radius 1 is 1.03 bits per heavy atom. The number of carbonyl (C=O) groups is 1. The van der Waals surface area contributed by atoms with Gasteiger partial charge in [-0.2, -0.15) is 0 Å². The van der Waals surface area contributed by atoms with Crippen molar-refractivity contribution in [3.05, 3.63) is 66.5 Å². The summed E-state index contributed by atoms with van der Waals surface area (Å²) in [6, 6.07) is 11.9. The minimum atomic E-state index is -0.331. The number of benzene rings is 2. The molecular weight excluding hydrogens is 369 g/mol. The van der Waals surface area contributed by atoms with Crippen LogP contribution in [0.1, 0.15) is 19.0 Å². The molecule has 2 aromatic heterocycles. The van der Waals surface area contributed by atoms with Crippen molar-refractivity contribution in [2.24, 2.45) is 0 Å². The summed E-state index contributed by atoms with van der Waals surface area (Å²) in [5.41, 5.74) is 4.67. The van der Waals surface area contributed by atoms with Crippen LogP contribution in [-0.2, 0) is 4.79 Å². The Hall–Kier alpha value is -3.74. The standard InChI is InChI=1S/C22H18FN5O/c1-3-20(29)27-22-24-11-18(21(28-22)14-4-7-16(23)8-5-14)15-6-9-19-17(10-15)13(2)25-12-26-19/h4-12H,3H2,1-2H3,(H,24,27,28,29). The maximum atomic E-state index is 13.4. The summed E-state index contributed by atoms with van der Waals surface area (Å²) in [4.78, 5) is 29.2. The molecule has 29 heavy (non-hydrogen) atoms. The number of carbonyl (C=O) groups excluding carboxylic acids is 1. The number of nitrogens with zero attached hydrogens (tertiary/aromatic N) is 4. The van der Waals surface area contributed by atoms with Crippen LogP contribution in [0.5, 0.6) is 0 Å². The van der Waals surface area contributed by atoms with E-state index in [1.165, 1.54) is 18.5 Å². The van der Waals surface area contributed by atoms with E-state index in [-0.39, 0.29) is 17.7 Å². The third-order valence-corrected chi connectivity index (χ3v) is 4.62. The van der Waals surface area contributed by atoms with Crippen molar-refractivity contribution >= 4 is 22.8 Å². The van der Waals surface area contributed by atoms with Crippen LogP contribution in [0.15, 0.2) is 55.0 Å². The van der Waals surface area contributed by atoms with Gasteiger partial charge < -0.3 is 0 Å². The number of aromatic nitrogens is 4. The third kappa shape index (κ3) is 3.80. The minimum absolute atomic E-state index is 0.179. The molecule has 4 rings (SSSR count). The highest BCUT2D eigenvalue weighted by Crippen LogP contribution is 2.32. The van der Waals surface area contributed by atoms with E-state index in [2.05, 4.69) is 25.3 Å². The van der Waals surface area contributed by atoms with Gasteiger partial charge in [0.2, 0.25) is 11.9 Å². The van der Waals surface area contributed by atoms with Gasteiger partial charge >= 0.3 is 0 Å². The van der Waals surface area contributed by atoms with Crippen molar-refractivity contribution in [2.45, 2.75) is 20.3 Å². The molecule has 4 aromatic rings. The summed E-state index contributed by atoms with van der Waals surface area (Å²) in [5, 5.41) is 3.60. The molecule has 0 aliphatic rings. The van der Waals surface area contributed by atoms with Crippen LogP contribution in [-0.4, -0.2) is 25.8 Å². The van der Waals surface area contributed by atoms with Crippen LogP contribution in [0.3, 0.4) is 0 Å². The highest BCUT2D eigenvalue weighted by molar-refractivity contribution is 5.91. The van der Waals surface area contributed by atoms with Crippen molar-refractivity contribution in [1.82, 2.24) is 19.9 Å². The molecule has 2 heterocycles. The van der Waals surface area contributed by atoms with Crippen LogP contribution in [0, 0.1) is 12.7 Å². The molecule has 0 spiro atoms. The summed E-state index contributed by atoms with van der Waals surface area (Å²) < 4.78 is 13.4. The molecular formula is C22H18FN5O. The Labute approximate surface area is 166 Å². The minimum Gasteiger partial charge on any atom is -0.295 e. The predicted octanol–water partition coefficient (Wildman–Crippen LogP) is 4.55. The monoisotopic (exact) mass is 387 g/mol. The fraction of sp³-hybridized carbons (Fsp3) is 0.136. The number of hydrogen-bond donors (Lipinski definition) is 1. The maximum Gasteiger partial charge on any atom is 0.229 e. The van der Waals surface area contributed by atoms with Crippen LogP contribution in [0.4, 0.5) is 10.3 Å². The van der Waals surface area contributed by atoms with Gasteiger partial charge in [0.05, 0.1) is 11.2 Å². The summed E-state index contributed by atoms with van der Waals surface area (Å²) in [6.07, 6.45) is 3.52. The van der Waals surface area contributed by atoms with E-state index in [0.717, 1.165) is 33.3 Å². The first-order valence-corrected chi connectivity index (χ1v) is 9.19. The van der Waals surface area contributed by atoms with E-state index < -0.39 is 0 Å². The molecule has 0 aliphatic carbocycles. The molecule has 1 N–H and O–H groups in total. The van der Waals surface area contributed by atoms with E-state index in [1.807, 2.05) is 25.1 Å². The quantitative estimate of drug-likeness (QED) is 0.556. The molecule has 6 nitrogen and oxygen atoms in total. The number of aryl methyl sites for hydroxylation is 1. The lowest BCUT2D eigenvalue weighted by Gasteiger charge is -2.12. The number of amides is 1. The summed E-state index contributed by atoms with van der Waals surface area (Å²) >= 11 is 0. The summed E-state index contributed by atoms with van der Waals surface area (Å²) in [5.74, 6) is -0.302. The second-order valence-corrected chi connectivity index (χ2v) is 6.56. The molecule has 0 fully saturated rings. The smallest absolute Gasteiger partial charge is 0.229 e. The van der Waals surface area contributed by atoms with Gasteiger partial charge in [0, 0.05) is 34.8 Å². The topological polar surface area (TPSA) is 80.7 Å². The molecule has 2 aromatic carbocycles. The van der Waals surface area contributed by atoms with E-state index in [4.69, 9.17) is 0 Å². The lowest BCUT2D eigenvalue weighted by atomic mass is 9.99. The first-order valence-electron chi connectivity index (χ1n) is 9.19.